The third kappa shape index (κ3) is 1.60. The molecule has 1 aliphatic carbocycles. The molecule has 4 nitrogen and oxygen atoms in total. The Morgan fingerprint density at radius 2 is 1.91 bits per heavy atom. The van der Waals surface area contributed by atoms with Crippen molar-refractivity contribution in [2.45, 2.75) is 31.2 Å². The fraction of sp³-hybridized carbons (Fsp3) is 0.278. The zero-order valence-corrected chi connectivity index (χ0v) is 14.2. The standard InChI is InChI=1S/C18H15BrO4/c1-9(2)10-6-7-12-14(8-10)23-18(22)15-11(4-3-5-13(15)19)16(20)17(12,18)21/h3-9,21-22H,1-2H3. The van der Waals surface area contributed by atoms with Crippen LogP contribution in [-0.4, -0.2) is 16.0 Å². The van der Waals surface area contributed by atoms with E-state index >= 15 is 0 Å². The minimum absolute atomic E-state index is 0.267. The fourth-order valence-corrected chi connectivity index (χ4v) is 4.09. The molecule has 118 valence electrons. The SMILES string of the molecule is CC(C)c1ccc2c(c1)OC1(O)c3c(Br)cccc3C(=O)C21O. The summed E-state index contributed by atoms with van der Waals surface area (Å²) in [5.41, 5.74) is -0.268. The number of ketones is 1. The van der Waals surface area contributed by atoms with E-state index in [1.807, 2.05) is 19.9 Å². The van der Waals surface area contributed by atoms with Gasteiger partial charge in [0.15, 0.2) is 0 Å². The van der Waals surface area contributed by atoms with Gasteiger partial charge in [-0.05, 0) is 23.6 Å². The molecular formula is C18H15BrO4. The molecule has 2 aliphatic rings. The molecule has 2 atom stereocenters. The van der Waals surface area contributed by atoms with Crippen molar-refractivity contribution in [1.29, 1.82) is 0 Å². The normalized spacial score (nSPS) is 27.7. The monoisotopic (exact) mass is 374 g/mol. The minimum Gasteiger partial charge on any atom is -0.454 e. The Labute approximate surface area is 141 Å². The van der Waals surface area contributed by atoms with Crippen molar-refractivity contribution in [2.24, 2.45) is 0 Å². The highest BCUT2D eigenvalue weighted by molar-refractivity contribution is 9.10. The minimum atomic E-state index is -2.12. The average Bonchev–Trinajstić information content (AvgIpc) is 2.83. The summed E-state index contributed by atoms with van der Waals surface area (Å²) >= 11 is 3.35. The summed E-state index contributed by atoms with van der Waals surface area (Å²) in [5, 5.41) is 22.3. The van der Waals surface area contributed by atoms with Crippen LogP contribution in [0.1, 0.15) is 46.8 Å². The predicted molar refractivity (Wildman–Crippen MR) is 87.4 cm³/mol. The highest BCUT2D eigenvalue weighted by atomic mass is 79.9. The van der Waals surface area contributed by atoms with Crippen molar-refractivity contribution < 1.29 is 19.7 Å². The Bertz CT molecular complexity index is 860. The third-order valence-electron chi connectivity index (χ3n) is 4.74. The van der Waals surface area contributed by atoms with Crippen LogP contribution in [0.5, 0.6) is 5.75 Å². The molecule has 0 radical (unpaired) electrons. The lowest BCUT2D eigenvalue weighted by Gasteiger charge is -2.29. The molecule has 1 aliphatic heterocycles. The second kappa shape index (κ2) is 4.44. The molecule has 2 aromatic carbocycles. The van der Waals surface area contributed by atoms with Gasteiger partial charge < -0.3 is 14.9 Å². The van der Waals surface area contributed by atoms with Gasteiger partial charge in [0.05, 0.1) is 5.56 Å². The Morgan fingerprint density at radius 1 is 1.17 bits per heavy atom. The number of benzene rings is 2. The Morgan fingerprint density at radius 3 is 2.61 bits per heavy atom. The maximum absolute atomic E-state index is 12.8. The van der Waals surface area contributed by atoms with Gasteiger partial charge in [-0.3, -0.25) is 4.79 Å². The first-order valence-corrected chi connectivity index (χ1v) is 8.22. The van der Waals surface area contributed by atoms with E-state index in [0.29, 0.717) is 15.8 Å². The van der Waals surface area contributed by atoms with Crippen LogP contribution in [0, 0.1) is 0 Å². The van der Waals surface area contributed by atoms with Crippen molar-refractivity contribution in [3.05, 3.63) is 63.1 Å². The van der Waals surface area contributed by atoms with Crippen LogP contribution in [-0.2, 0) is 11.4 Å². The summed E-state index contributed by atoms with van der Waals surface area (Å²) < 4.78 is 6.27. The van der Waals surface area contributed by atoms with Crippen LogP contribution in [0.15, 0.2) is 40.9 Å². The lowest BCUT2D eigenvalue weighted by atomic mass is 9.86. The third-order valence-corrected chi connectivity index (χ3v) is 5.40. The Kier molecular flexibility index (Phi) is 2.87. The van der Waals surface area contributed by atoms with Crippen molar-refractivity contribution in [2.75, 3.05) is 0 Å². The maximum Gasteiger partial charge on any atom is 0.277 e. The quantitative estimate of drug-likeness (QED) is 0.804. The van der Waals surface area contributed by atoms with E-state index in [1.54, 1.807) is 30.3 Å². The van der Waals surface area contributed by atoms with Crippen molar-refractivity contribution in [3.63, 3.8) is 0 Å². The molecule has 0 fully saturated rings. The number of carbonyl (C=O) groups is 1. The molecule has 2 unspecified atom stereocenters. The van der Waals surface area contributed by atoms with Gasteiger partial charge in [-0.2, -0.15) is 0 Å². The van der Waals surface area contributed by atoms with Crippen LogP contribution in [0.25, 0.3) is 0 Å². The second-order valence-electron chi connectivity index (χ2n) is 6.36. The zero-order chi connectivity index (χ0) is 16.6. The lowest BCUT2D eigenvalue weighted by Crippen LogP contribution is -2.48. The van der Waals surface area contributed by atoms with Crippen LogP contribution < -0.4 is 4.74 Å². The summed E-state index contributed by atoms with van der Waals surface area (Å²) in [4.78, 5) is 12.8. The maximum atomic E-state index is 12.8. The number of rotatable bonds is 1. The summed E-state index contributed by atoms with van der Waals surface area (Å²) in [5.74, 6) is -2.05. The predicted octanol–water partition coefficient (Wildman–Crippen LogP) is 3.19. The van der Waals surface area contributed by atoms with Crippen LogP contribution in [0.2, 0.25) is 0 Å². The van der Waals surface area contributed by atoms with Gasteiger partial charge in [-0.15, -0.1) is 0 Å². The van der Waals surface area contributed by atoms with Crippen LogP contribution >= 0.6 is 15.9 Å². The van der Waals surface area contributed by atoms with Gasteiger partial charge in [0.1, 0.15) is 5.75 Å². The molecule has 0 aromatic heterocycles. The summed E-state index contributed by atoms with van der Waals surface area (Å²) in [6, 6.07) is 10.3. The first kappa shape index (κ1) is 14.9. The molecule has 0 saturated carbocycles. The topological polar surface area (TPSA) is 66.8 Å². The molecule has 0 saturated heterocycles. The van der Waals surface area contributed by atoms with Gasteiger partial charge in [0, 0.05) is 15.6 Å². The second-order valence-corrected chi connectivity index (χ2v) is 7.21. The van der Waals surface area contributed by atoms with E-state index in [4.69, 9.17) is 4.74 Å². The average molecular weight is 375 g/mol. The first-order chi connectivity index (χ1) is 10.8. The van der Waals surface area contributed by atoms with Gasteiger partial charge in [-0.25, -0.2) is 0 Å². The molecule has 0 amide bonds. The first-order valence-electron chi connectivity index (χ1n) is 7.42. The van der Waals surface area contributed by atoms with E-state index in [9.17, 15) is 15.0 Å². The van der Waals surface area contributed by atoms with Gasteiger partial charge in [0.25, 0.3) is 5.79 Å². The van der Waals surface area contributed by atoms with E-state index in [-0.39, 0.29) is 17.0 Å². The number of ether oxygens (including phenoxy) is 1. The molecular weight excluding hydrogens is 360 g/mol. The molecule has 0 spiro atoms. The molecule has 23 heavy (non-hydrogen) atoms. The van der Waals surface area contributed by atoms with E-state index in [1.165, 1.54) is 0 Å². The molecule has 1 heterocycles. The van der Waals surface area contributed by atoms with E-state index in [0.717, 1.165) is 5.56 Å². The van der Waals surface area contributed by atoms with E-state index in [2.05, 4.69) is 15.9 Å². The van der Waals surface area contributed by atoms with Crippen LogP contribution in [0.4, 0.5) is 0 Å². The number of fused-ring (bicyclic) bond motifs is 5. The Hall–Kier alpha value is -1.69. The number of aliphatic hydroxyl groups is 2. The molecule has 5 heteroatoms. The molecule has 0 bridgehead atoms. The van der Waals surface area contributed by atoms with Gasteiger partial charge in [-0.1, -0.05) is 54.0 Å². The lowest BCUT2D eigenvalue weighted by molar-refractivity contribution is -0.225. The van der Waals surface area contributed by atoms with Gasteiger partial charge >= 0.3 is 0 Å². The number of hydrogen-bond donors (Lipinski definition) is 2. The zero-order valence-electron chi connectivity index (χ0n) is 12.6. The largest absolute Gasteiger partial charge is 0.454 e. The summed E-state index contributed by atoms with van der Waals surface area (Å²) in [7, 11) is 0. The highest BCUT2D eigenvalue weighted by Gasteiger charge is 2.71. The van der Waals surface area contributed by atoms with Crippen molar-refractivity contribution >= 4 is 21.7 Å². The summed E-state index contributed by atoms with van der Waals surface area (Å²) in [6.07, 6.45) is 0. The highest BCUT2D eigenvalue weighted by Crippen LogP contribution is 2.59. The van der Waals surface area contributed by atoms with E-state index < -0.39 is 17.2 Å². The molecule has 2 N–H and O–H groups in total. The smallest absolute Gasteiger partial charge is 0.277 e. The number of Topliss-reactive ketones (excluding diaryl/α,β-unsaturated/α-hetero) is 1. The van der Waals surface area contributed by atoms with Gasteiger partial charge in [0.2, 0.25) is 11.4 Å². The van der Waals surface area contributed by atoms with Crippen molar-refractivity contribution in [1.82, 2.24) is 0 Å². The number of carbonyl (C=O) groups excluding carboxylic acids is 1. The molecule has 4 rings (SSSR count). The fourth-order valence-electron chi connectivity index (χ4n) is 3.46. The van der Waals surface area contributed by atoms with Crippen molar-refractivity contribution in [3.8, 4) is 5.75 Å². The Balaban J connectivity index is 1.99. The van der Waals surface area contributed by atoms with Crippen LogP contribution in [0.3, 0.4) is 0 Å². The number of halogens is 1. The molecule has 2 aromatic rings. The summed E-state index contributed by atoms with van der Waals surface area (Å²) in [6.45, 7) is 4.08. The number of hydrogen-bond acceptors (Lipinski definition) is 4.